The van der Waals surface area contributed by atoms with Crippen LogP contribution in [0.25, 0.3) is 0 Å². The molecule has 1 atom stereocenters. The molecule has 0 saturated carbocycles. The van der Waals surface area contributed by atoms with Crippen molar-refractivity contribution < 1.29 is 19.3 Å². The molecule has 1 saturated heterocycles. The van der Waals surface area contributed by atoms with Gasteiger partial charge < -0.3 is 19.3 Å². The van der Waals surface area contributed by atoms with Crippen LogP contribution >= 0.6 is 24.8 Å². The van der Waals surface area contributed by atoms with E-state index in [0.29, 0.717) is 25.9 Å². The maximum Gasteiger partial charge on any atom is 0.231 e. The molecule has 178 valence electrons. The van der Waals surface area contributed by atoms with Crippen molar-refractivity contribution >= 4 is 24.8 Å². The van der Waals surface area contributed by atoms with Gasteiger partial charge in [0.05, 0.1) is 0 Å². The molecular formula is C24H34Cl2N2O4. The minimum Gasteiger partial charge on any atom is -0.491 e. The highest BCUT2D eigenvalue weighted by Crippen LogP contribution is 2.33. The third-order valence-corrected chi connectivity index (χ3v) is 5.75. The Morgan fingerprint density at radius 3 is 2.38 bits per heavy atom. The van der Waals surface area contributed by atoms with Crippen molar-refractivity contribution in [2.24, 2.45) is 0 Å². The van der Waals surface area contributed by atoms with Gasteiger partial charge in [-0.3, -0.25) is 9.80 Å². The van der Waals surface area contributed by atoms with E-state index in [1.807, 2.05) is 24.3 Å². The summed E-state index contributed by atoms with van der Waals surface area (Å²) in [5, 5.41) is 10.5. The standard InChI is InChI=1S/C24H32N2O4.2ClH/c1-18(2)21-5-3-4-6-22(21)28-16-20(27)15-26-11-9-25(10-12-26)14-19-7-8-23-24(13-19)30-17-29-23;;/h3-8,13,18,20,27H,9-12,14-17H2,1-2H3;2*1H. The second-order valence-corrected chi connectivity index (χ2v) is 8.42. The Hall–Kier alpha value is -1.70. The predicted molar refractivity (Wildman–Crippen MR) is 131 cm³/mol. The van der Waals surface area contributed by atoms with Gasteiger partial charge in [-0.05, 0) is 35.2 Å². The molecule has 2 aliphatic heterocycles. The third kappa shape index (κ3) is 6.90. The van der Waals surface area contributed by atoms with Crippen molar-refractivity contribution in [1.29, 1.82) is 0 Å². The van der Waals surface area contributed by atoms with Gasteiger partial charge in [-0.1, -0.05) is 38.1 Å². The predicted octanol–water partition coefficient (Wildman–Crippen LogP) is 3.94. The molecule has 32 heavy (non-hydrogen) atoms. The minimum atomic E-state index is -0.495. The van der Waals surface area contributed by atoms with Crippen LogP contribution in [-0.2, 0) is 6.54 Å². The lowest BCUT2D eigenvalue weighted by molar-refractivity contribution is 0.0443. The fraction of sp³-hybridized carbons (Fsp3) is 0.500. The first-order valence-corrected chi connectivity index (χ1v) is 10.8. The molecule has 0 bridgehead atoms. The quantitative estimate of drug-likeness (QED) is 0.612. The number of hydrogen-bond donors (Lipinski definition) is 1. The number of para-hydroxylation sites is 1. The molecule has 0 aliphatic carbocycles. The molecule has 0 aromatic heterocycles. The van der Waals surface area contributed by atoms with Gasteiger partial charge in [-0.15, -0.1) is 24.8 Å². The molecule has 1 N–H and O–H groups in total. The highest BCUT2D eigenvalue weighted by molar-refractivity contribution is 5.85. The van der Waals surface area contributed by atoms with Gasteiger partial charge in [-0.2, -0.15) is 0 Å². The third-order valence-electron chi connectivity index (χ3n) is 5.75. The SMILES string of the molecule is CC(C)c1ccccc1OCC(O)CN1CCN(Cc2ccc3c(c2)OCO3)CC1.Cl.Cl. The number of rotatable bonds is 8. The van der Waals surface area contributed by atoms with Gasteiger partial charge in [0.2, 0.25) is 6.79 Å². The van der Waals surface area contributed by atoms with E-state index in [9.17, 15) is 5.11 Å². The average molecular weight is 485 g/mol. The number of piperazine rings is 1. The molecule has 8 heteroatoms. The first-order chi connectivity index (χ1) is 14.6. The Morgan fingerprint density at radius 1 is 0.938 bits per heavy atom. The van der Waals surface area contributed by atoms with Gasteiger partial charge in [0.1, 0.15) is 18.5 Å². The molecule has 4 rings (SSSR count). The van der Waals surface area contributed by atoms with Gasteiger partial charge in [-0.25, -0.2) is 0 Å². The van der Waals surface area contributed by atoms with Crippen molar-refractivity contribution in [3.05, 3.63) is 53.6 Å². The van der Waals surface area contributed by atoms with Gasteiger partial charge in [0.25, 0.3) is 0 Å². The molecule has 0 amide bonds. The normalized spacial score (nSPS) is 16.9. The number of halogens is 2. The Balaban J connectivity index is 0.00000181. The number of aliphatic hydroxyl groups excluding tert-OH is 1. The van der Waals surface area contributed by atoms with Crippen LogP contribution in [0.5, 0.6) is 17.2 Å². The van der Waals surface area contributed by atoms with Crippen LogP contribution in [0.2, 0.25) is 0 Å². The summed E-state index contributed by atoms with van der Waals surface area (Å²) in [7, 11) is 0. The van der Waals surface area contributed by atoms with E-state index < -0.39 is 6.10 Å². The van der Waals surface area contributed by atoms with Gasteiger partial charge in [0.15, 0.2) is 11.5 Å². The zero-order chi connectivity index (χ0) is 20.9. The molecule has 2 aliphatic rings. The Bertz CT molecular complexity index is 844. The molecule has 0 radical (unpaired) electrons. The molecule has 0 spiro atoms. The van der Waals surface area contributed by atoms with Crippen molar-refractivity contribution in [1.82, 2.24) is 9.80 Å². The van der Waals surface area contributed by atoms with Crippen molar-refractivity contribution in [2.75, 3.05) is 46.1 Å². The zero-order valence-corrected chi connectivity index (χ0v) is 20.4. The molecular weight excluding hydrogens is 451 g/mol. The Kier molecular flexibility index (Phi) is 10.4. The fourth-order valence-electron chi connectivity index (χ4n) is 4.05. The van der Waals surface area contributed by atoms with Crippen molar-refractivity contribution in [3.63, 3.8) is 0 Å². The van der Waals surface area contributed by atoms with Crippen LogP contribution < -0.4 is 14.2 Å². The molecule has 2 heterocycles. The second-order valence-electron chi connectivity index (χ2n) is 8.42. The van der Waals surface area contributed by atoms with Gasteiger partial charge in [0, 0.05) is 39.3 Å². The number of aliphatic hydroxyl groups is 1. The van der Waals surface area contributed by atoms with E-state index in [2.05, 4.69) is 41.8 Å². The highest BCUT2D eigenvalue weighted by atomic mass is 35.5. The van der Waals surface area contributed by atoms with Crippen molar-refractivity contribution in [3.8, 4) is 17.2 Å². The Labute approximate surface area is 203 Å². The largest absolute Gasteiger partial charge is 0.491 e. The molecule has 6 nitrogen and oxygen atoms in total. The average Bonchev–Trinajstić information content (AvgIpc) is 3.22. The second kappa shape index (κ2) is 12.5. The fourth-order valence-corrected chi connectivity index (χ4v) is 4.05. The van der Waals surface area contributed by atoms with Crippen LogP contribution in [0.4, 0.5) is 0 Å². The summed E-state index contributed by atoms with van der Waals surface area (Å²) in [6, 6.07) is 14.2. The lowest BCUT2D eigenvalue weighted by Gasteiger charge is -2.35. The number of benzene rings is 2. The number of fused-ring (bicyclic) bond motifs is 1. The molecule has 1 unspecified atom stereocenters. The van der Waals surface area contributed by atoms with E-state index in [1.54, 1.807) is 0 Å². The van der Waals surface area contributed by atoms with E-state index >= 15 is 0 Å². The summed E-state index contributed by atoms with van der Waals surface area (Å²) in [5.41, 5.74) is 2.42. The summed E-state index contributed by atoms with van der Waals surface area (Å²) < 4.78 is 16.8. The summed E-state index contributed by atoms with van der Waals surface area (Å²) in [4.78, 5) is 4.76. The van der Waals surface area contributed by atoms with Crippen molar-refractivity contribution in [2.45, 2.75) is 32.4 Å². The number of nitrogens with zero attached hydrogens (tertiary/aromatic N) is 2. The van der Waals surface area contributed by atoms with Crippen LogP contribution in [0.1, 0.15) is 30.9 Å². The van der Waals surface area contributed by atoms with Crippen LogP contribution in [0, 0.1) is 0 Å². The minimum absolute atomic E-state index is 0. The topological polar surface area (TPSA) is 54.4 Å². The van der Waals surface area contributed by atoms with Crippen LogP contribution in [0.15, 0.2) is 42.5 Å². The molecule has 2 aromatic rings. The number of β-amino-alcohol motifs (C(OH)–C–C–N with tert-alkyl or cyclic N) is 1. The maximum atomic E-state index is 10.5. The van der Waals surface area contributed by atoms with Crippen LogP contribution in [-0.4, -0.2) is 67.1 Å². The number of ether oxygens (including phenoxy) is 3. The van der Waals surface area contributed by atoms with Crippen LogP contribution in [0.3, 0.4) is 0 Å². The van der Waals surface area contributed by atoms with E-state index in [-0.39, 0.29) is 24.8 Å². The summed E-state index contributed by atoms with van der Waals surface area (Å²) in [6.07, 6.45) is -0.495. The lowest BCUT2D eigenvalue weighted by Crippen LogP contribution is -2.48. The zero-order valence-electron chi connectivity index (χ0n) is 18.7. The smallest absolute Gasteiger partial charge is 0.231 e. The summed E-state index contributed by atoms with van der Waals surface area (Å²) in [5.74, 6) is 2.94. The first-order valence-electron chi connectivity index (χ1n) is 10.8. The monoisotopic (exact) mass is 484 g/mol. The highest BCUT2D eigenvalue weighted by Gasteiger charge is 2.21. The summed E-state index contributed by atoms with van der Waals surface area (Å²) in [6.45, 7) is 10.4. The molecule has 2 aromatic carbocycles. The van der Waals surface area contributed by atoms with E-state index in [4.69, 9.17) is 14.2 Å². The molecule has 1 fully saturated rings. The first kappa shape index (κ1) is 26.6. The van der Waals surface area contributed by atoms with Gasteiger partial charge >= 0.3 is 0 Å². The van der Waals surface area contributed by atoms with E-state index in [1.165, 1.54) is 11.1 Å². The lowest BCUT2D eigenvalue weighted by atomic mass is 10.0. The summed E-state index contributed by atoms with van der Waals surface area (Å²) >= 11 is 0. The van der Waals surface area contributed by atoms with E-state index in [0.717, 1.165) is 50.0 Å². The number of hydrogen-bond acceptors (Lipinski definition) is 6. The Morgan fingerprint density at radius 2 is 1.62 bits per heavy atom. The maximum absolute atomic E-state index is 10.5.